The average Bonchev–Trinajstić information content (AvgIpc) is 2.82. The summed E-state index contributed by atoms with van der Waals surface area (Å²) < 4.78 is 6.75. The number of nitrogens with zero attached hydrogens (tertiary/aromatic N) is 1. The summed E-state index contributed by atoms with van der Waals surface area (Å²) in [7, 11) is 0. The lowest BCUT2D eigenvalue weighted by molar-refractivity contribution is -0.143. The smallest absolute Gasteiger partial charge is 0.261 e. The van der Waals surface area contributed by atoms with Gasteiger partial charge in [0.05, 0.1) is 4.47 Å². The van der Waals surface area contributed by atoms with Gasteiger partial charge in [0.1, 0.15) is 11.8 Å². The second kappa shape index (κ2) is 11.8. The molecule has 0 saturated carbocycles. The summed E-state index contributed by atoms with van der Waals surface area (Å²) in [5, 5.41) is 5.04. The van der Waals surface area contributed by atoms with Crippen LogP contribution in [0.1, 0.15) is 37.8 Å². The van der Waals surface area contributed by atoms with Crippen LogP contribution in [-0.4, -0.2) is 35.9 Å². The molecule has 0 fully saturated rings. The third kappa shape index (κ3) is 6.35. The van der Waals surface area contributed by atoms with Gasteiger partial charge in [-0.1, -0.05) is 74.0 Å². The zero-order valence-electron chi connectivity index (χ0n) is 19.4. The summed E-state index contributed by atoms with van der Waals surface area (Å²) >= 11 is 3.61. The van der Waals surface area contributed by atoms with Gasteiger partial charge in [-0.2, -0.15) is 0 Å². The highest BCUT2D eigenvalue weighted by Gasteiger charge is 2.29. The van der Waals surface area contributed by atoms with Gasteiger partial charge in [0.2, 0.25) is 5.91 Å². The number of fused-ring (bicyclic) bond motifs is 1. The molecular weight excluding hydrogens is 480 g/mol. The van der Waals surface area contributed by atoms with E-state index in [1.165, 1.54) is 0 Å². The number of carbonyl (C=O) groups excluding carboxylic acids is 2. The number of benzene rings is 3. The number of nitrogens with one attached hydrogen (secondary N) is 1. The first kappa shape index (κ1) is 24.8. The van der Waals surface area contributed by atoms with E-state index in [9.17, 15) is 9.59 Å². The van der Waals surface area contributed by atoms with Gasteiger partial charge >= 0.3 is 0 Å². The van der Waals surface area contributed by atoms with Crippen molar-refractivity contribution in [2.24, 2.45) is 0 Å². The fourth-order valence-corrected chi connectivity index (χ4v) is 4.45. The van der Waals surface area contributed by atoms with Crippen molar-refractivity contribution in [3.8, 4) is 5.75 Å². The zero-order chi connectivity index (χ0) is 23.8. The molecule has 0 aromatic heterocycles. The molecule has 1 atom stereocenters. The van der Waals surface area contributed by atoms with Crippen LogP contribution in [0.4, 0.5) is 0 Å². The Kier molecular flexibility index (Phi) is 8.89. The third-order valence-electron chi connectivity index (χ3n) is 5.55. The van der Waals surface area contributed by atoms with Crippen molar-refractivity contribution in [1.82, 2.24) is 10.2 Å². The first-order chi connectivity index (χ1) is 15.9. The van der Waals surface area contributed by atoms with Crippen LogP contribution in [0, 0.1) is 6.92 Å². The van der Waals surface area contributed by atoms with Gasteiger partial charge in [0, 0.05) is 13.1 Å². The molecule has 0 saturated heterocycles. The van der Waals surface area contributed by atoms with Crippen molar-refractivity contribution in [2.75, 3.05) is 13.2 Å². The van der Waals surface area contributed by atoms with Crippen LogP contribution >= 0.6 is 15.9 Å². The predicted molar refractivity (Wildman–Crippen MR) is 136 cm³/mol. The Hall–Kier alpha value is -2.86. The number of halogens is 1. The second-order valence-electron chi connectivity index (χ2n) is 8.11. The van der Waals surface area contributed by atoms with Gasteiger partial charge in [-0.3, -0.25) is 9.59 Å². The van der Waals surface area contributed by atoms with Crippen molar-refractivity contribution in [1.29, 1.82) is 0 Å². The monoisotopic (exact) mass is 510 g/mol. The number of ether oxygens (including phenoxy) is 1. The lowest BCUT2D eigenvalue weighted by atomic mass is 10.1. The summed E-state index contributed by atoms with van der Waals surface area (Å²) in [6, 6.07) is 19.2. The molecule has 2 amide bonds. The molecule has 0 heterocycles. The molecule has 33 heavy (non-hydrogen) atoms. The van der Waals surface area contributed by atoms with Crippen LogP contribution in [0.5, 0.6) is 5.75 Å². The van der Waals surface area contributed by atoms with E-state index in [1.54, 1.807) is 4.90 Å². The average molecular weight is 511 g/mol. The van der Waals surface area contributed by atoms with Crippen molar-refractivity contribution in [2.45, 2.75) is 46.2 Å². The summed E-state index contributed by atoms with van der Waals surface area (Å²) in [6.45, 7) is 6.73. The Morgan fingerprint density at radius 3 is 2.58 bits per heavy atom. The van der Waals surface area contributed by atoms with E-state index in [0.717, 1.165) is 32.8 Å². The van der Waals surface area contributed by atoms with Crippen LogP contribution in [0.2, 0.25) is 0 Å². The third-order valence-corrected chi connectivity index (χ3v) is 6.37. The Labute approximate surface area is 204 Å². The highest BCUT2D eigenvalue weighted by atomic mass is 79.9. The lowest BCUT2D eigenvalue weighted by Gasteiger charge is -2.30. The highest BCUT2D eigenvalue weighted by molar-refractivity contribution is 9.10. The van der Waals surface area contributed by atoms with Gasteiger partial charge in [-0.05, 0) is 58.1 Å². The fraction of sp³-hybridized carbons (Fsp3) is 0.333. The van der Waals surface area contributed by atoms with Gasteiger partial charge in [-0.25, -0.2) is 0 Å². The molecular formula is C27H31BrN2O3. The van der Waals surface area contributed by atoms with Crippen LogP contribution in [-0.2, 0) is 16.1 Å². The molecule has 1 N–H and O–H groups in total. The van der Waals surface area contributed by atoms with E-state index in [-0.39, 0.29) is 18.4 Å². The number of amides is 2. The fourth-order valence-electron chi connectivity index (χ4n) is 3.84. The van der Waals surface area contributed by atoms with Crippen LogP contribution < -0.4 is 10.1 Å². The molecule has 0 aliphatic heterocycles. The Bertz CT molecular complexity index is 1120. The van der Waals surface area contributed by atoms with Crippen molar-refractivity contribution < 1.29 is 14.3 Å². The lowest BCUT2D eigenvalue weighted by Crippen LogP contribution is -2.50. The van der Waals surface area contributed by atoms with E-state index in [2.05, 4.69) is 21.2 Å². The topological polar surface area (TPSA) is 58.6 Å². The van der Waals surface area contributed by atoms with Gasteiger partial charge in [0.15, 0.2) is 6.61 Å². The summed E-state index contributed by atoms with van der Waals surface area (Å²) in [6.07, 6.45) is 1.36. The van der Waals surface area contributed by atoms with E-state index >= 15 is 0 Å². The largest absolute Gasteiger partial charge is 0.483 e. The maximum absolute atomic E-state index is 13.4. The number of hydrogen-bond acceptors (Lipinski definition) is 3. The summed E-state index contributed by atoms with van der Waals surface area (Å²) in [4.78, 5) is 27.9. The summed E-state index contributed by atoms with van der Waals surface area (Å²) in [5.41, 5.74) is 2.09. The molecule has 3 aromatic rings. The Balaban J connectivity index is 1.82. The van der Waals surface area contributed by atoms with E-state index in [1.807, 2.05) is 81.4 Å². The number of carbonyl (C=O) groups is 2. The normalized spacial score (nSPS) is 11.8. The molecule has 6 heteroatoms. The van der Waals surface area contributed by atoms with Gasteiger partial charge in [0.25, 0.3) is 5.91 Å². The van der Waals surface area contributed by atoms with Gasteiger partial charge in [-0.15, -0.1) is 0 Å². The Morgan fingerprint density at radius 2 is 1.85 bits per heavy atom. The standard InChI is InChI=1S/C27H31BrN2O3/c1-4-15-29-27(32)23(5-2)30(17-20-10-8-9-19(3)16-20)25(31)18-33-24-14-13-21-11-6-7-12-22(21)26(24)28/h6-14,16,23H,4-5,15,17-18H2,1-3H3,(H,29,32)/t23-/m0/s1. The van der Waals surface area contributed by atoms with E-state index < -0.39 is 6.04 Å². The number of aryl methyl sites for hydroxylation is 1. The van der Waals surface area contributed by atoms with Crippen molar-refractivity contribution in [3.05, 3.63) is 76.3 Å². The van der Waals surface area contributed by atoms with Crippen LogP contribution in [0.15, 0.2) is 65.1 Å². The maximum atomic E-state index is 13.4. The van der Waals surface area contributed by atoms with Crippen molar-refractivity contribution >= 4 is 38.5 Å². The molecule has 174 valence electrons. The summed E-state index contributed by atoms with van der Waals surface area (Å²) in [5.74, 6) is 0.239. The maximum Gasteiger partial charge on any atom is 0.261 e. The molecule has 5 nitrogen and oxygen atoms in total. The second-order valence-corrected chi connectivity index (χ2v) is 8.91. The van der Waals surface area contributed by atoms with Crippen molar-refractivity contribution in [3.63, 3.8) is 0 Å². The van der Waals surface area contributed by atoms with Gasteiger partial charge < -0.3 is 15.0 Å². The van der Waals surface area contributed by atoms with Crippen LogP contribution in [0.25, 0.3) is 10.8 Å². The minimum atomic E-state index is -0.562. The minimum Gasteiger partial charge on any atom is -0.483 e. The van der Waals surface area contributed by atoms with E-state index in [0.29, 0.717) is 25.3 Å². The first-order valence-electron chi connectivity index (χ1n) is 11.4. The SMILES string of the molecule is CCCNC(=O)[C@H](CC)N(Cc1cccc(C)c1)C(=O)COc1ccc2ccccc2c1Br. The first-order valence-corrected chi connectivity index (χ1v) is 12.2. The molecule has 3 rings (SSSR count). The molecule has 0 aliphatic carbocycles. The van der Waals surface area contributed by atoms with E-state index in [4.69, 9.17) is 4.74 Å². The molecule has 0 unspecified atom stereocenters. The Morgan fingerprint density at radius 1 is 1.06 bits per heavy atom. The molecule has 0 bridgehead atoms. The van der Waals surface area contributed by atoms with Crippen LogP contribution in [0.3, 0.4) is 0 Å². The zero-order valence-corrected chi connectivity index (χ0v) is 21.0. The molecule has 0 spiro atoms. The number of hydrogen-bond donors (Lipinski definition) is 1. The highest BCUT2D eigenvalue weighted by Crippen LogP contribution is 2.33. The molecule has 0 radical (unpaired) electrons. The number of rotatable bonds is 10. The molecule has 3 aromatic carbocycles. The predicted octanol–water partition coefficient (Wildman–Crippen LogP) is 5.62. The minimum absolute atomic E-state index is 0.132. The quantitative estimate of drug-likeness (QED) is 0.384. The molecule has 0 aliphatic rings.